The Kier molecular flexibility index (Phi) is 4.58. The van der Waals surface area contributed by atoms with Gasteiger partial charge in [0.2, 0.25) is 0 Å². The normalized spacial score (nSPS) is 15.2. The van der Waals surface area contributed by atoms with E-state index in [-0.39, 0.29) is 0 Å². The van der Waals surface area contributed by atoms with Crippen molar-refractivity contribution in [2.75, 3.05) is 0 Å². The van der Waals surface area contributed by atoms with E-state index in [4.69, 9.17) is 16.6 Å². The van der Waals surface area contributed by atoms with E-state index in [2.05, 4.69) is 4.98 Å². The Bertz CT molecular complexity index is 893. The summed E-state index contributed by atoms with van der Waals surface area (Å²) in [6, 6.07) is 21.9. The lowest BCUT2D eigenvalue weighted by molar-refractivity contribution is -0.0424. The average molecular weight is 363 g/mol. The van der Waals surface area contributed by atoms with Crippen LogP contribution in [0.15, 0.2) is 77.9 Å². The van der Waals surface area contributed by atoms with Gasteiger partial charge in [0.05, 0.1) is 28.3 Å². The van der Waals surface area contributed by atoms with Gasteiger partial charge in [-0.15, -0.1) is 0 Å². The molecule has 1 heterocycles. The minimum atomic E-state index is -0.874. The number of nitrogens with zero attached hydrogens (tertiary/aromatic N) is 2. The first-order valence-electron chi connectivity index (χ1n) is 8.74. The first-order chi connectivity index (χ1) is 12.7. The zero-order valence-electron chi connectivity index (χ0n) is 14.3. The zero-order valence-corrected chi connectivity index (χ0v) is 15.0. The Morgan fingerprint density at radius 2 is 1.54 bits per heavy atom. The lowest BCUT2D eigenvalue weighted by Gasteiger charge is -2.36. The quantitative estimate of drug-likeness (QED) is 0.642. The summed E-state index contributed by atoms with van der Waals surface area (Å²) in [4.78, 5) is 9.24. The van der Waals surface area contributed by atoms with Crippen LogP contribution < -0.4 is 0 Å². The molecule has 1 saturated carbocycles. The van der Waals surface area contributed by atoms with Gasteiger partial charge in [-0.25, -0.2) is 4.99 Å². The highest BCUT2D eigenvalue weighted by molar-refractivity contribution is 6.31. The molecular weight excluding hydrogens is 344 g/mol. The van der Waals surface area contributed by atoms with E-state index in [1.165, 1.54) is 0 Å². The molecule has 1 aliphatic rings. The fourth-order valence-electron chi connectivity index (χ4n) is 3.20. The number of hydrogen-bond acceptors (Lipinski definition) is 3. The number of aliphatic imine (C=N–C) groups is 1. The van der Waals surface area contributed by atoms with Gasteiger partial charge in [0, 0.05) is 11.1 Å². The molecule has 1 N–H and O–H groups in total. The van der Waals surface area contributed by atoms with Crippen molar-refractivity contribution in [3.8, 4) is 0 Å². The molecule has 3 aromatic rings. The van der Waals surface area contributed by atoms with Gasteiger partial charge >= 0.3 is 0 Å². The van der Waals surface area contributed by atoms with E-state index in [1.54, 1.807) is 12.3 Å². The van der Waals surface area contributed by atoms with Crippen molar-refractivity contribution < 1.29 is 5.11 Å². The lowest BCUT2D eigenvalue weighted by Crippen LogP contribution is -2.34. The maximum absolute atomic E-state index is 10.5. The van der Waals surface area contributed by atoms with Crippen molar-refractivity contribution in [3.05, 3.63) is 94.8 Å². The molecule has 4 heteroatoms. The van der Waals surface area contributed by atoms with Crippen LogP contribution in [0.2, 0.25) is 5.02 Å². The first-order valence-corrected chi connectivity index (χ1v) is 9.11. The summed E-state index contributed by atoms with van der Waals surface area (Å²) in [6.45, 7) is 0. The van der Waals surface area contributed by atoms with Crippen LogP contribution in [0.1, 0.15) is 36.1 Å². The van der Waals surface area contributed by atoms with Crippen molar-refractivity contribution in [1.29, 1.82) is 0 Å². The smallest absolute Gasteiger partial charge is 0.108 e. The summed E-state index contributed by atoms with van der Waals surface area (Å²) in [5.41, 5.74) is 3.27. The van der Waals surface area contributed by atoms with Gasteiger partial charge < -0.3 is 5.11 Å². The number of aromatic nitrogens is 1. The molecule has 3 nitrogen and oxygen atoms in total. The molecule has 1 aliphatic carbocycles. The van der Waals surface area contributed by atoms with E-state index < -0.39 is 5.60 Å². The SMILES string of the molecule is OC1(c2ncc(N=C(c3ccccc3)c3ccccc3)cc2Cl)CCC1. The summed E-state index contributed by atoms with van der Waals surface area (Å²) in [7, 11) is 0. The molecule has 0 spiro atoms. The number of halogens is 1. The van der Waals surface area contributed by atoms with Gasteiger partial charge in [0.1, 0.15) is 5.60 Å². The van der Waals surface area contributed by atoms with E-state index in [0.717, 1.165) is 23.3 Å². The van der Waals surface area contributed by atoms with Gasteiger partial charge in [0.25, 0.3) is 0 Å². The molecule has 2 aromatic carbocycles. The third-order valence-corrected chi connectivity index (χ3v) is 5.07. The summed E-state index contributed by atoms with van der Waals surface area (Å²) < 4.78 is 0. The van der Waals surface area contributed by atoms with Crippen molar-refractivity contribution in [2.45, 2.75) is 24.9 Å². The molecule has 130 valence electrons. The van der Waals surface area contributed by atoms with Gasteiger partial charge in [-0.1, -0.05) is 72.3 Å². The van der Waals surface area contributed by atoms with Crippen molar-refractivity contribution in [1.82, 2.24) is 4.98 Å². The monoisotopic (exact) mass is 362 g/mol. The molecule has 0 atom stereocenters. The highest BCUT2D eigenvalue weighted by Gasteiger charge is 2.39. The van der Waals surface area contributed by atoms with E-state index >= 15 is 0 Å². The molecular formula is C22H19ClN2O. The maximum atomic E-state index is 10.5. The van der Waals surface area contributed by atoms with Gasteiger partial charge in [-0.3, -0.25) is 4.98 Å². The van der Waals surface area contributed by atoms with Crippen LogP contribution in [-0.4, -0.2) is 15.8 Å². The van der Waals surface area contributed by atoms with Gasteiger partial charge in [-0.05, 0) is 25.3 Å². The molecule has 26 heavy (non-hydrogen) atoms. The van der Waals surface area contributed by atoms with Gasteiger partial charge in [-0.2, -0.15) is 0 Å². The number of hydrogen-bond donors (Lipinski definition) is 1. The highest BCUT2D eigenvalue weighted by atomic mass is 35.5. The second-order valence-electron chi connectivity index (χ2n) is 6.60. The third kappa shape index (κ3) is 3.28. The molecule has 0 bridgehead atoms. The molecule has 0 amide bonds. The Balaban J connectivity index is 1.77. The van der Waals surface area contributed by atoms with Crippen molar-refractivity contribution >= 4 is 23.0 Å². The van der Waals surface area contributed by atoms with Crippen LogP contribution in [0.3, 0.4) is 0 Å². The van der Waals surface area contributed by atoms with Crippen LogP contribution in [0.5, 0.6) is 0 Å². The zero-order chi connectivity index (χ0) is 18.0. The van der Waals surface area contributed by atoms with Crippen molar-refractivity contribution in [3.63, 3.8) is 0 Å². The fourth-order valence-corrected chi connectivity index (χ4v) is 3.53. The number of pyridine rings is 1. The first kappa shape index (κ1) is 17.0. The predicted octanol–water partition coefficient (Wildman–Crippen LogP) is 5.28. The third-order valence-electron chi connectivity index (χ3n) is 4.78. The predicted molar refractivity (Wildman–Crippen MR) is 105 cm³/mol. The molecule has 1 fully saturated rings. The van der Waals surface area contributed by atoms with Crippen LogP contribution in [0, 0.1) is 0 Å². The molecule has 0 radical (unpaired) electrons. The topological polar surface area (TPSA) is 45.5 Å². The molecule has 0 aliphatic heterocycles. The Morgan fingerprint density at radius 3 is 2.00 bits per heavy atom. The molecule has 0 unspecified atom stereocenters. The molecule has 0 saturated heterocycles. The summed E-state index contributed by atoms with van der Waals surface area (Å²) in [5.74, 6) is 0. The van der Waals surface area contributed by atoms with Crippen LogP contribution in [0.25, 0.3) is 0 Å². The lowest BCUT2D eigenvalue weighted by atomic mass is 9.77. The standard InChI is InChI=1S/C22H19ClN2O/c23-19-14-18(15-24-21(19)22(26)12-7-13-22)25-20(16-8-3-1-4-9-16)17-10-5-2-6-11-17/h1-6,8-11,14-15,26H,7,12-13H2. The van der Waals surface area contributed by atoms with E-state index in [9.17, 15) is 5.11 Å². The Morgan fingerprint density at radius 1 is 0.962 bits per heavy atom. The average Bonchev–Trinajstić information content (AvgIpc) is 2.66. The summed E-state index contributed by atoms with van der Waals surface area (Å²) in [5, 5.41) is 11.0. The van der Waals surface area contributed by atoms with Gasteiger partial charge in [0.15, 0.2) is 0 Å². The van der Waals surface area contributed by atoms with Crippen LogP contribution in [0.4, 0.5) is 5.69 Å². The highest BCUT2D eigenvalue weighted by Crippen LogP contribution is 2.43. The Labute approximate surface area is 158 Å². The van der Waals surface area contributed by atoms with Crippen LogP contribution in [-0.2, 0) is 5.60 Å². The molecule has 4 rings (SSSR count). The van der Waals surface area contributed by atoms with Crippen molar-refractivity contribution in [2.24, 2.45) is 4.99 Å². The minimum Gasteiger partial charge on any atom is -0.383 e. The largest absolute Gasteiger partial charge is 0.383 e. The maximum Gasteiger partial charge on any atom is 0.108 e. The second kappa shape index (κ2) is 7.02. The van der Waals surface area contributed by atoms with Crippen LogP contribution >= 0.6 is 11.6 Å². The molecule has 1 aromatic heterocycles. The summed E-state index contributed by atoms with van der Waals surface area (Å²) in [6.07, 6.45) is 4.10. The fraction of sp³-hybridized carbons (Fsp3) is 0.182. The number of rotatable bonds is 4. The number of benzene rings is 2. The van der Waals surface area contributed by atoms with E-state index in [0.29, 0.717) is 29.2 Å². The minimum absolute atomic E-state index is 0.467. The number of aliphatic hydroxyl groups is 1. The summed E-state index contributed by atoms with van der Waals surface area (Å²) >= 11 is 6.41. The second-order valence-corrected chi connectivity index (χ2v) is 7.01. The van der Waals surface area contributed by atoms with E-state index in [1.807, 2.05) is 60.7 Å². The Hall–Kier alpha value is -2.49.